The van der Waals surface area contributed by atoms with Gasteiger partial charge in [0, 0.05) is 12.6 Å². The molecule has 1 atom stereocenters. The van der Waals surface area contributed by atoms with Gasteiger partial charge in [-0.25, -0.2) is 0 Å². The van der Waals surface area contributed by atoms with E-state index in [1.807, 2.05) is 6.07 Å². The van der Waals surface area contributed by atoms with Crippen molar-refractivity contribution in [2.45, 2.75) is 46.6 Å². The van der Waals surface area contributed by atoms with Crippen LogP contribution >= 0.6 is 0 Å². The van der Waals surface area contributed by atoms with Gasteiger partial charge in [-0.3, -0.25) is 0 Å². The van der Waals surface area contributed by atoms with E-state index in [0.717, 1.165) is 18.7 Å². The number of benzene rings is 1. The second kappa shape index (κ2) is 6.79. The highest BCUT2D eigenvalue weighted by Crippen LogP contribution is 2.27. The summed E-state index contributed by atoms with van der Waals surface area (Å²) in [5.41, 5.74) is 1.65. The molecule has 0 spiro atoms. The summed E-state index contributed by atoms with van der Waals surface area (Å²) < 4.78 is 5.29. The van der Waals surface area contributed by atoms with Gasteiger partial charge in [0.1, 0.15) is 5.75 Å². The van der Waals surface area contributed by atoms with Crippen molar-refractivity contribution in [2.75, 3.05) is 13.7 Å². The molecule has 102 valence electrons. The minimum absolute atomic E-state index is 0.302. The molecule has 1 rings (SSSR count). The number of nitrogens with one attached hydrogen (secondary N) is 1. The lowest BCUT2D eigenvalue weighted by Crippen LogP contribution is -2.36. The van der Waals surface area contributed by atoms with E-state index in [2.05, 4.69) is 51.2 Å². The highest BCUT2D eigenvalue weighted by molar-refractivity contribution is 5.29. The van der Waals surface area contributed by atoms with Gasteiger partial charge < -0.3 is 10.1 Å². The van der Waals surface area contributed by atoms with Crippen LogP contribution in [-0.4, -0.2) is 19.7 Å². The van der Waals surface area contributed by atoms with Crippen LogP contribution in [0.1, 0.15) is 39.7 Å². The average molecular weight is 249 g/mol. The van der Waals surface area contributed by atoms with Crippen LogP contribution in [0, 0.1) is 5.41 Å². The van der Waals surface area contributed by atoms with E-state index in [-0.39, 0.29) is 0 Å². The van der Waals surface area contributed by atoms with Crippen molar-refractivity contribution in [3.8, 4) is 5.75 Å². The Hall–Kier alpha value is -1.02. The smallest absolute Gasteiger partial charge is 0.119 e. The molecule has 2 heteroatoms. The Morgan fingerprint density at radius 3 is 2.61 bits per heavy atom. The van der Waals surface area contributed by atoms with Crippen molar-refractivity contribution in [3.05, 3.63) is 29.8 Å². The summed E-state index contributed by atoms with van der Waals surface area (Å²) in [7, 11) is 1.72. The monoisotopic (exact) mass is 249 g/mol. The zero-order valence-electron chi connectivity index (χ0n) is 12.4. The van der Waals surface area contributed by atoms with Gasteiger partial charge in [-0.2, -0.15) is 0 Å². The Morgan fingerprint density at radius 1 is 1.33 bits per heavy atom. The zero-order chi connectivity index (χ0) is 13.6. The summed E-state index contributed by atoms with van der Waals surface area (Å²) in [6.45, 7) is 10.1. The minimum atomic E-state index is 0.302. The first kappa shape index (κ1) is 15.0. The predicted molar refractivity (Wildman–Crippen MR) is 78.2 cm³/mol. The largest absolute Gasteiger partial charge is 0.497 e. The molecule has 0 saturated heterocycles. The van der Waals surface area contributed by atoms with E-state index in [1.165, 1.54) is 12.0 Å². The number of ether oxygens (including phenoxy) is 1. The Morgan fingerprint density at radius 2 is 2.06 bits per heavy atom. The molecular formula is C16H27NO. The van der Waals surface area contributed by atoms with Gasteiger partial charge in [-0.05, 0) is 36.0 Å². The lowest BCUT2D eigenvalue weighted by Gasteiger charge is -2.30. The van der Waals surface area contributed by atoms with Crippen molar-refractivity contribution in [3.63, 3.8) is 0 Å². The number of rotatable bonds is 7. The second-order valence-corrected chi connectivity index (χ2v) is 5.73. The van der Waals surface area contributed by atoms with E-state index in [9.17, 15) is 0 Å². The molecule has 1 aromatic carbocycles. The molecule has 1 N–H and O–H groups in total. The van der Waals surface area contributed by atoms with Crippen LogP contribution in [0.15, 0.2) is 24.3 Å². The molecule has 1 aromatic rings. The van der Waals surface area contributed by atoms with Crippen LogP contribution < -0.4 is 10.1 Å². The molecule has 0 amide bonds. The first-order chi connectivity index (χ1) is 8.49. The maximum atomic E-state index is 5.29. The summed E-state index contributed by atoms with van der Waals surface area (Å²) in [6.07, 6.45) is 2.25. The van der Waals surface area contributed by atoms with Crippen LogP contribution in [0.25, 0.3) is 0 Å². The van der Waals surface area contributed by atoms with Crippen molar-refractivity contribution in [2.24, 2.45) is 5.41 Å². The molecule has 1 unspecified atom stereocenters. The van der Waals surface area contributed by atoms with Crippen LogP contribution in [0.4, 0.5) is 0 Å². The lowest BCUT2D eigenvalue weighted by molar-refractivity contribution is 0.281. The van der Waals surface area contributed by atoms with E-state index in [1.54, 1.807) is 7.11 Å². The molecule has 0 aromatic heterocycles. The molecule has 0 saturated carbocycles. The molecule has 0 heterocycles. The van der Waals surface area contributed by atoms with E-state index < -0.39 is 0 Å². The van der Waals surface area contributed by atoms with Crippen molar-refractivity contribution in [1.29, 1.82) is 0 Å². The Balaban J connectivity index is 2.71. The molecular weight excluding hydrogens is 222 g/mol. The Kier molecular flexibility index (Phi) is 5.67. The summed E-state index contributed by atoms with van der Waals surface area (Å²) in [5.74, 6) is 0.947. The molecule has 18 heavy (non-hydrogen) atoms. The van der Waals surface area contributed by atoms with Crippen molar-refractivity contribution in [1.82, 2.24) is 5.32 Å². The third-order valence-corrected chi connectivity index (χ3v) is 3.56. The molecule has 0 radical (unpaired) electrons. The van der Waals surface area contributed by atoms with Gasteiger partial charge in [0.05, 0.1) is 7.11 Å². The van der Waals surface area contributed by atoms with Gasteiger partial charge in [-0.1, -0.05) is 39.8 Å². The van der Waals surface area contributed by atoms with E-state index in [4.69, 9.17) is 4.74 Å². The number of hydrogen-bond donors (Lipinski definition) is 1. The van der Waals surface area contributed by atoms with Crippen molar-refractivity contribution < 1.29 is 4.74 Å². The van der Waals surface area contributed by atoms with Crippen LogP contribution in [0.3, 0.4) is 0 Å². The fourth-order valence-corrected chi connectivity index (χ4v) is 2.04. The minimum Gasteiger partial charge on any atom is -0.497 e. The lowest BCUT2D eigenvalue weighted by atomic mass is 9.81. The van der Waals surface area contributed by atoms with Gasteiger partial charge >= 0.3 is 0 Å². The quantitative estimate of drug-likeness (QED) is 0.796. The molecule has 0 aliphatic heterocycles. The fourth-order valence-electron chi connectivity index (χ4n) is 2.04. The number of hydrogen-bond acceptors (Lipinski definition) is 2. The topological polar surface area (TPSA) is 21.3 Å². The maximum absolute atomic E-state index is 5.29. The van der Waals surface area contributed by atoms with Crippen LogP contribution in [0.5, 0.6) is 5.75 Å². The Bertz CT molecular complexity index is 362. The third-order valence-electron chi connectivity index (χ3n) is 3.56. The second-order valence-electron chi connectivity index (χ2n) is 5.73. The molecule has 0 fully saturated rings. The van der Waals surface area contributed by atoms with E-state index >= 15 is 0 Å². The van der Waals surface area contributed by atoms with Gasteiger partial charge in [0.15, 0.2) is 0 Å². The summed E-state index contributed by atoms with van der Waals surface area (Å²) in [6, 6.07) is 8.94. The molecule has 0 aliphatic carbocycles. The highest BCUT2D eigenvalue weighted by Gasteiger charge is 2.22. The molecule has 2 nitrogen and oxygen atoms in total. The summed E-state index contributed by atoms with van der Waals surface area (Å²) in [5, 5.41) is 3.55. The average Bonchev–Trinajstić information content (AvgIpc) is 2.36. The first-order valence-corrected chi connectivity index (χ1v) is 6.85. The van der Waals surface area contributed by atoms with Gasteiger partial charge in [0.25, 0.3) is 0 Å². The highest BCUT2D eigenvalue weighted by atomic mass is 16.5. The first-order valence-electron chi connectivity index (χ1n) is 6.85. The van der Waals surface area contributed by atoms with Crippen molar-refractivity contribution >= 4 is 0 Å². The van der Waals surface area contributed by atoms with Crippen LogP contribution in [-0.2, 0) is 6.42 Å². The van der Waals surface area contributed by atoms with Gasteiger partial charge in [0.2, 0.25) is 0 Å². The standard InChI is InChI=1S/C16H27NO/c1-6-16(4,12-17-13(2)3)11-14-8-7-9-15(10-14)18-5/h7-10,13,17H,6,11-12H2,1-5H3. The fraction of sp³-hybridized carbons (Fsp3) is 0.625. The van der Waals surface area contributed by atoms with Gasteiger partial charge in [-0.15, -0.1) is 0 Å². The van der Waals surface area contributed by atoms with Crippen LogP contribution in [0.2, 0.25) is 0 Å². The summed E-state index contributed by atoms with van der Waals surface area (Å²) >= 11 is 0. The molecule has 0 aliphatic rings. The SMILES string of the molecule is CCC(C)(CNC(C)C)Cc1cccc(OC)c1. The van der Waals surface area contributed by atoms with E-state index in [0.29, 0.717) is 11.5 Å². The predicted octanol–water partition coefficient (Wildman–Crippen LogP) is 3.65. The molecule has 0 bridgehead atoms. The zero-order valence-corrected chi connectivity index (χ0v) is 12.4. The Labute approximate surface area is 112 Å². The summed E-state index contributed by atoms with van der Waals surface area (Å²) in [4.78, 5) is 0. The third kappa shape index (κ3) is 4.69. The number of methoxy groups -OCH3 is 1. The maximum Gasteiger partial charge on any atom is 0.119 e. The normalized spacial score (nSPS) is 14.6.